The van der Waals surface area contributed by atoms with Crippen molar-refractivity contribution in [3.8, 4) is 0 Å². The van der Waals surface area contributed by atoms with Gasteiger partial charge in [-0.15, -0.1) is 0 Å². The van der Waals surface area contributed by atoms with Crippen molar-refractivity contribution < 1.29 is 14.0 Å². The van der Waals surface area contributed by atoms with Gasteiger partial charge in [-0.3, -0.25) is 9.69 Å². The Morgan fingerprint density at radius 3 is 2.44 bits per heavy atom. The highest BCUT2D eigenvalue weighted by Gasteiger charge is 2.30. The highest BCUT2D eigenvalue weighted by molar-refractivity contribution is 5.96. The van der Waals surface area contributed by atoms with Gasteiger partial charge in [-0.2, -0.15) is 0 Å². The molecule has 1 fully saturated rings. The Balaban J connectivity index is 1.52. The Labute approximate surface area is 146 Å². The Morgan fingerprint density at radius 2 is 1.76 bits per heavy atom. The Kier molecular flexibility index (Phi) is 4.97. The zero-order valence-corrected chi connectivity index (χ0v) is 14.0. The molecule has 2 aromatic carbocycles. The lowest BCUT2D eigenvalue weighted by atomic mass is 10.2. The number of carbonyl (C=O) groups excluding carboxylic acids is 2. The van der Waals surface area contributed by atoms with Crippen LogP contribution in [0.1, 0.15) is 11.1 Å². The number of nitrogens with one attached hydrogen (secondary N) is 1. The average molecular weight is 341 g/mol. The molecule has 1 aliphatic rings. The topological polar surface area (TPSA) is 52.6 Å². The lowest BCUT2D eigenvalue weighted by molar-refractivity contribution is -0.121. The molecule has 5 nitrogen and oxygen atoms in total. The maximum Gasteiger partial charge on any atom is 0.325 e. The van der Waals surface area contributed by atoms with Crippen LogP contribution in [-0.4, -0.2) is 36.5 Å². The molecule has 0 bridgehead atoms. The molecule has 0 atom stereocenters. The predicted molar refractivity (Wildman–Crippen MR) is 93.7 cm³/mol. The summed E-state index contributed by atoms with van der Waals surface area (Å²) < 4.78 is 12.9. The first-order valence-electron chi connectivity index (χ1n) is 8.17. The number of benzene rings is 2. The van der Waals surface area contributed by atoms with E-state index in [4.69, 9.17) is 0 Å². The third-order valence-electron chi connectivity index (χ3n) is 4.18. The summed E-state index contributed by atoms with van der Waals surface area (Å²) in [7, 11) is 0. The SMILES string of the molecule is Cc1ccc(N2CCN(CC(=O)NCc3ccc(F)cc3)C2=O)cc1. The second-order valence-electron chi connectivity index (χ2n) is 6.09. The molecule has 0 spiro atoms. The van der Waals surface area contributed by atoms with Gasteiger partial charge >= 0.3 is 6.03 Å². The van der Waals surface area contributed by atoms with E-state index in [9.17, 15) is 14.0 Å². The molecule has 0 aromatic heterocycles. The molecule has 130 valence electrons. The second-order valence-corrected chi connectivity index (χ2v) is 6.09. The van der Waals surface area contributed by atoms with Gasteiger partial charge in [0.1, 0.15) is 12.4 Å². The number of anilines is 1. The highest BCUT2D eigenvalue weighted by Crippen LogP contribution is 2.20. The number of carbonyl (C=O) groups is 2. The van der Waals surface area contributed by atoms with Crippen molar-refractivity contribution in [2.75, 3.05) is 24.5 Å². The summed E-state index contributed by atoms with van der Waals surface area (Å²) in [6.45, 7) is 3.39. The fourth-order valence-electron chi connectivity index (χ4n) is 2.73. The van der Waals surface area contributed by atoms with Gasteiger partial charge in [0.15, 0.2) is 0 Å². The van der Waals surface area contributed by atoms with Crippen LogP contribution in [0.2, 0.25) is 0 Å². The van der Waals surface area contributed by atoms with Crippen LogP contribution in [0.3, 0.4) is 0 Å². The number of aryl methyl sites for hydroxylation is 1. The quantitative estimate of drug-likeness (QED) is 0.909. The Morgan fingerprint density at radius 1 is 1.08 bits per heavy atom. The fraction of sp³-hybridized carbons (Fsp3) is 0.263. The number of nitrogens with zero attached hydrogens (tertiary/aromatic N) is 2. The summed E-state index contributed by atoms with van der Waals surface area (Å²) in [6, 6.07) is 13.5. The molecule has 25 heavy (non-hydrogen) atoms. The summed E-state index contributed by atoms with van der Waals surface area (Å²) in [4.78, 5) is 27.7. The molecule has 2 aromatic rings. The maximum absolute atomic E-state index is 12.9. The maximum atomic E-state index is 12.9. The van der Waals surface area contributed by atoms with Crippen LogP contribution >= 0.6 is 0 Å². The normalized spacial score (nSPS) is 14.1. The van der Waals surface area contributed by atoms with Gasteiger partial charge in [0.2, 0.25) is 5.91 Å². The van der Waals surface area contributed by atoms with Crippen molar-refractivity contribution in [2.45, 2.75) is 13.5 Å². The Bertz CT molecular complexity index is 759. The minimum Gasteiger partial charge on any atom is -0.350 e. The molecule has 1 aliphatic heterocycles. The minimum absolute atomic E-state index is 0.0163. The van der Waals surface area contributed by atoms with Gasteiger partial charge in [0.05, 0.1) is 0 Å². The van der Waals surface area contributed by atoms with Crippen molar-refractivity contribution >= 4 is 17.6 Å². The van der Waals surface area contributed by atoms with Crippen LogP contribution in [-0.2, 0) is 11.3 Å². The molecule has 0 unspecified atom stereocenters. The van der Waals surface area contributed by atoms with E-state index in [1.54, 1.807) is 17.0 Å². The fourth-order valence-corrected chi connectivity index (χ4v) is 2.73. The summed E-state index contributed by atoms with van der Waals surface area (Å²) in [6.07, 6.45) is 0. The third-order valence-corrected chi connectivity index (χ3v) is 4.18. The number of amides is 3. The van der Waals surface area contributed by atoms with E-state index in [1.165, 1.54) is 17.0 Å². The Hall–Kier alpha value is -2.89. The molecule has 0 aliphatic carbocycles. The van der Waals surface area contributed by atoms with Crippen LogP contribution in [0.4, 0.5) is 14.9 Å². The standard InChI is InChI=1S/C19H20FN3O2/c1-14-2-8-17(9-3-14)23-11-10-22(19(23)25)13-18(24)21-12-15-4-6-16(20)7-5-15/h2-9H,10-13H2,1H3,(H,21,24). The molecule has 1 heterocycles. The van der Waals surface area contributed by atoms with E-state index in [1.807, 2.05) is 31.2 Å². The molecule has 0 saturated carbocycles. The number of halogens is 1. The number of hydrogen-bond donors (Lipinski definition) is 1. The van der Waals surface area contributed by atoms with Gasteiger partial charge < -0.3 is 10.2 Å². The van der Waals surface area contributed by atoms with Crippen molar-refractivity contribution in [1.29, 1.82) is 0 Å². The van der Waals surface area contributed by atoms with Gasteiger partial charge in [-0.1, -0.05) is 29.8 Å². The largest absolute Gasteiger partial charge is 0.350 e. The van der Waals surface area contributed by atoms with Crippen LogP contribution in [0.15, 0.2) is 48.5 Å². The minimum atomic E-state index is -0.311. The van der Waals surface area contributed by atoms with E-state index in [0.717, 1.165) is 16.8 Å². The van der Waals surface area contributed by atoms with E-state index in [0.29, 0.717) is 19.6 Å². The van der Waals surface area contributed by atoms with Crippen molar-refractivity contribution in [1.82, 2.24) is 10.2 Å². The third kappa shape index (κ3) is 4.15. The van der Waals surface area contributed by atoms with Gasteiger partial charge in [0.25, 0.3) is 0 Å². The molecular weight excluding hydrogens is 321 g/mol. The molecule has 6 heteroatoms. The monoisotopic (exact) mass is 341 g/mol. The second kappa shape index (κ2) is 7.34. The smallest absolute Gasteiger partial charge is 0.325 e. The van der Waals surface area contributed by atoms with E-state index < -0.39 is 0 Å². The van der Waals surface area contributed by atoms with Gasteiger partial charge in [-0.05, 0) is 36.8 Å². The zero-order chi connectivity index (χ0) is 17.8. The van der Waals surface area contributed by atoms with Crippen LogP contribution in [0.25, 0.3) is 0 Å². The number of rotatable bonds is 5. The summed E-state index contributed by atoms with van der Waals surface area (Å²) in [5.74, 6) is -0.544. The lowest BCUT2D eigenvalue weighted by Gasteiger charge is -2.18. The van der Waals surface area contributed by atoms with Crippen molar-refractivity contribution in [3.63, 3.8) is 0 Å². The molecular formula is C19H20FN3O2. The van der Waals surface area contributed by atoms with E-state index in [2.05, 4.69) is 5.32 Å². The number of urea groups is 1. The summed E-state index contributed by atoms with van der Waals surface area (Å²) >= 11 is 0. The predicted octanol–water partition coefficient (Wildman–Crippen LogP) is 2.69. The first kappa shape index (κ1) is 17.0. The lowest BCUT2D eigenvalue weighted by Crippen LogP contribution is -2.39. The first-order valence-corrected chi connectivity index (χ1v) is 8.17. The van der Waals surface area contributed by atoms with E-state index >= 15 is 0 Å². The van der Waals surface area contributed by atoms with Crippen LogP contribution in [0, 0.1) is 12.7 Å². The number of hydrogen-bond acceptors (Lipinski definition) is 2. The van der Waals surface area contributed by atoms with Gasteiger partial charge in [0, 0.05) is 25.3 Å². The first-order chi connectivity index (χ1) is 12.0. The van der Waals surface area contributed by atoms with Crippen LogP contribution in [0.5, 0.6) is 0 Å². The van der Waals surface area contributed by atoms with Crippen molar-refractivity contribution in [3.05, 3.63) is 65.5 Å². The van der Waals surface area contributed by atoms with Crippen LogP contribution < -0.4 is 10.2 Å². The summed E-state index contributed by atoms with van der Waals surface area (Å²) in [5.41, 5.74) is 2.78. The molecule has 3 amide bonds. The average Bonchev–Trinajstić information content (AvgIpc) is 2.96. The highest BCUT2D eigenvalue weighted by atomic mass is 19.1. The van der Waals surface area contributed by atoms with Gasteiger partial charge in [-0.25, -0.2) is 9.18 Å². The zero-order valence-electron chi connectivity index (χ0n) is 14.0. The summed E-state index contributed by atoms with van der Waals surface area (Å²) in [5, 5.41) is 2.75. The molecule has 1 saturated heterocycles. The molecule has 3 rings (SSSR count). The van der Waals surface area contributed by atoms with E-state index in [-0.39, 0.29) is 24.3 Å². The molecule has 1 N–H and O–H groups in total. The van der Waals surface area contributed by atoms with Crippen molar-refractivity contribution in [2.24, 2.45) is 0 Å². The molecule has 0 radical (unpaired) electrons.